The lowest BCUT2D eigenvalue weighted by Crippen LogP contribution is -2.24. The Kier molecular flexibility index (Phi) is 6.08. The van der Waals surface area contributed by atoms with Gasteiger partial charge in [-0.05, 0) is 42.1 Å². The monoisotopic (exact) mass is 495 g/mol. The molecule has 0 saturated carbocycles. The van der Waals surface area contributed by atoms with E-state index in [1.165, 1.54) is 5.39 Å². The van der Waals surface area contributed by atoms with E-state index in [2.05, 4.69) is 28.8 Å². The van der Waals surface area contributed by atoms with Gasteiger partial charge in [-0.25, -0.2) is 4.98 Å². The fraction of sp³-hybridized carbons (Fsp3) is 0.200. The molecule has 5 nitrogen and oxygen atoms in total. The molecular formula is C30H26ClN3O2. The summed E-state index contributed by atoms with van der Waals surface area (Å²) in [6.45, 7) is 1.92. The molecule has 6 heteroatoms. The Morgan fingerprint density at radius 3 is 2.61 bits per heavy atom. The number of hydrogen-bond acceptors (Lipinski definition) is 3. The summed E-state index contributed by atoms with van der Waals surface area (Å²) in [6, 6.07) is 30.1. The summed E-state index contributed by atoms with van der Waals surface area (Å²) < 4.78 is 8.45. The van der Waals surface area contributed by atoms with E-state index in [9.17, 15) is 4.79 Å². The Hall–Kier alpha value is -3.83. The minimum Gasteiger partial charge on any atom is -0.493 e. The van der Waals surface area contributed by atoms with E-state index in [4.69, 9.17) is 21.3 Å². The highest BCUT2D eigenvalue weighted by atomic mass is 35.5. The molecule has 1 amide bonds. The number of carbonyl (C=O) groups excluding carboxylic acids is 1. The number of para-hydroxylation sites is 3. The van der Waals surface area contributed by atoms with Crippen molar-refractivity contribution in [2.24, 2.45) is 0 Å². The van der Waals surface area contributed by atoms with Gasteiger partial charge in [0.2, 0.25) is 5.91 Å². The van der Waals surface area contributed by atoms with E-state index in [-0.39, 0.29) is 11.8 Å². The maximum atomic E-state index is 13.0. The smallest absolute Gasteiger partial charge is 0.227 e. The van der Waals surface area contributed by atoms with Gasteiger partial charge in [0.25, 0.3) is 0 Å². The molecule has 1 aliphatic rings. The normalized spacial score (nSPS) is 15.8. The molecule has 0 aliphatic carbocycles. The van der Waals surface area contributed by atoms with Crippen LogP contribution < -0.4 is 9.64 Å². The van der Waals surface area contributed by atoms with Gasteiger partial charge in [-0.2, -0.15) is 0 Å². The van der Waals surface area contributed by atoms with E-state index >= 15 is 0 Å². The fourth-order valence-electron chi connectivity index (χ4n) is 5.15. The number of ether oxygens (including phenoxy) is 1. The van der Waals surface area contributed by atoms with Gasteiger partial charge in [0.05, 0.1) is 28.4 Å². The minimum atomic E-state index is 0.000146. The van der Waals surface area contributed by atoms with Crippen LogP contribution in [0.25, 0.3) is 21.8 Å². The molecule has 1 aromatic heterocycles. The molecule has 0 spiro atoms. The summed E-state index contributed by atoms with van der Waals surface area (Å²) in [5.41, 5.74) is 2.80. The Bertz CT molecular complexity index is 1560. The van der Waals surface area contributed by atoms with Crippen molar-refractivity contribution in [1.82, 2.24) is 9.55 Å². The molecule has 0 bridgehead atoms. The van der Waals surface area contributed by atoms with Gasteiger partial charge in [0.1, 0.15) is 11.6 Å². The maximum Gasteiger partial charge on any atom is 0.227 e. The third-order valence-corrected chi connectivity index (χ3v) is 7.17. The van der Waals surface area contributed by atoms with Gasteiger partial charge in [0.15, 0.2) is 0 Å². The number of halogens is 1. The molecule has 2 heterocycles. The second-order valence-electron chi connectivity index (χ2n) is 9.15. The van der Waals surface area contributed by atoms with E-state index in [1.807, 2.05) is 66.7 Å². The number of amides is 1. The molecule has 1 fully saturated rings. The van der Waals surface area contributed by atoms with Crippen LogP contribution in [0.5, 0.6) is 5.75 Å². The zero-order chi connectivity index (χ0) is 24.5. The number of rotatable bonds is 7. The van der Waals surface area contributed by atoms with Crippen LogP contribution in [0.4, 0.5) is 5.69 Å². The van der Waals surface area contributed by atoms with E-state index in [0.29, 0.717) is 24.6 Å². The lowest BCUT2D eigenvalue weighted by atomic mass is 10.1. The quantitative estimate of drug-likeness (QED) is 0.232. The van der Waals surface area contributed by atoms with E-state index in [0.717, 1.165) is 46.6 Å². The number of nitrogens with zero attached hydrogens (tertiary/aromatic N) is 3. The van der Waals surface area contributed by atoms with Gasteiger partial charge in [-0.3, -0.25) is 4.79 Å². The first-order valence-electron chi connectivity index (χ1n) is 12.3. The predicted octanol–water partition coefficient (Wildman–Crippen LogP) is 6.83. The number of aromatic nitrogens is 2. The fourth-order valence-corrected chi connectivity index (χ4v) is 5.39. The van der Waals surface area contributed by atoms with Crippen molar-refractivity contribution < 1.29 is 9.53 Å². The molecule has 1 saturated heterocycles. The average Bonchev–Trinajstić information content (AvgIpc) is 3.47. The number of hydrogen-bond donors (Lipinski definition) is 0. The summed E-state index contributed by atoms with van der Waals surface area (Å²) in [5, 5.41) is 2.88. The summed E-state index contributed by atoms with van der Waals surface area (Å²) in [7, 11) is 0. The van der Waals surface area contributed by atoms with Crippen LogP contribution >= 0.6 is 11.6 Å². The second kappa shape index (κ2) is 9.67. The molecule has 0 N–H and O–H groups in total. The Morgan fingerprint density at radius 2 is 1.69 bits per heavy atom. The number of anilines is 1. The Morgan fingerprint density at radius 1 is 0.917 bits per heavy atom. The number of benzene rings is 4. The van der Waals surface area contributed by atoms with Crippen molar-refractivity contribution >= 4 is 45.0 Å². The number of aryl methyl sites for hydroxylation is 1. The van der Waals surface area contributed by atoms with Crippen molar-refractivity contribution in [3.05, 3.63) is 102 Å². The summed E-state index contributed by atoms with van der Waals surface area (Å²) >= 11 is 6.40. The summed E-state index contributed by atoms with van der Waals surface area (Å²) in [5.74, 6) is 1.93. The van der Waals surface area contributed by atoms with Gasteiger partial charge >= 0.3 is 0 Å². The summed E-state index contributed by atoms with van der Waals surface area (Å²) in [6.07, 6.45) is 1.24. The number of imidazole rings is 1. The first-order chi connectivity index (χ1) is 17.7. The van der Waals surface area contributed by atoms with Crippen LogP contribution in [0.2, 0.25) is 5.02 Å². The first-order valence-corrected chi connectivity index (χ1v) is 12.7. The van der Waals surface area contributed by atoms with E-state index in [1.54, 1.807) is 4.90 Å². The molecule has 4 aromatic carbocycles. The molecule has 180 valence electrons. The van der Waals surface area contributed by atoms with Gasteiger partial charge < -0.3 is 14.2 Å². The van der Waals surface area contributed by atoms with Gasteiger partial charge in [-0.1, -0.05) is 72.3 Å². The third-order valence-electron chi connectivity index (χ3n) is 6.85. The highest BCUT2D eigenvalue weighted by Crippen LogP contribution is 2.36. The van der Waals surface area contributed by atoms with Gasteiger partial charge in [0, 0.05) is 30.8 Å². The van der Waals surface area contributed by atoms with Crippen molar-refractivity contribution in [1.29, 1.82) is 0 Å². The minimum absolute atomic E-state index is 0.000146. The van der Waals surface area contributed by atoms with Crippen LogP contribution in [0.15, 0.2) is 91.0 Å². The standard InChI is InChI=1S/C30H26ClN3O2/c31-24-12-3-5-14-26(24)34-20-22(19-29(34)35)30-32-25-13-4-6-15-27(25)33(30)17-8-18-36-28-16-7-10-21-9-1-2-11-23(21)28/h1-7,9-16,22H,8,17-20H2. The number of fused-ring (bicyclic) bond motifs is 2. The first kappa shape index (κ1) is 22.6. The average molecular weight is 496 g/mol. The molecule has 6 rings (SSSR count). The van der Waals surface area contributed by atoms with Crippen LogP contribution in [0, 0.1) is 0 Å². The Labute approximate surface area is 214 Å². The van der Waals surface area contributed by atoms with Crippen molar-refractivity contribution in [2.75, 3.05) is 18.1 Å². The lowest BCUT2D eigenvalue weighted by molar-refractivity contribution is -0.117. The Balaban J connectivity index is 1.22. The summed E-state index contributed by atoms with van der Waals surface area (Å²) in [4.78, 5) is 19.7. The largest absolute Gasteiger partial charge is 0.493 e. The second-order valence-corrected chi connectivity index (χ2v) is 9.55. The molecule has 1 aliphatic heterocycles. The lowest BCUT2D eigenvalue weighted by Gasteiger charge is -2.18. The maximum absolute atomic E-state index is 13.0. The molecule has 0 radical (unpaired) electrons. The molecule has 1 unspecified atom stereocenters. The van der Waals surface area contributed by atoms with Gasteiger partial charge in [-0.15, -0.1) is 0 Å². The van der Waals surface area contributed by atoms with Crippen molar-refractivity contribution in [3.8, 4) is 5.75 Å². The van der Waals surface area contributed by atoms with Crippen LogP contribution in [-0.4, -0.2) is 28.6 Å². The molecular weight excluding hydrogens is 470 g/mol. The number of carbonyl (C=O) groups is 1. The predicted molar refractivity (Wildman–Crippen MR) is 145 cm³/mol. The van der Waals surface area contributed by atoms with Crippen LogP contribution in [0.3, 0.4) is 0 Å². The van der Waals surface area contributed by atoms with Crippen molar-refractivity contribution in [3.63, 3.8) is 0 Å². The van der Waals surface area contributed by atoms with Crippen molar-refractivity contribution in [2.45, 2.75) is 25.3 Å². The third kappa shape index (κ3) is 4.20. The molecule has 1 atom stereocenters. The van der Waals surface area contributed by atoms with Crippen LogP contribution in [-0.2, 0) is 11.3 Å². The molecule has 5 aromatic rings. The highest BCUT2D eigenvalue weighted by molar-refractivity contribution is 6.33. The van der Waals surface area contributed by atoms with E-state index < -0.39 is 0 Å². The SMILES string of the molecule is O=C1CC(c2nc3ccccc3n2CCCOc2cccc3ccccc23)CN1c1ccccc1Cl. The molecule has 36 heavy (non-hydrogen) atoms. The zero-order valence-electron chi connectivity index (χ0n) is 19.8. The van der Waals surface area contributed by atoms with Crippen LogP contribution in [0.1, 0.15) is 24.6 Å². The zero-order valence-corrected chi connectivity index (χ0v) is 20.6. The topological polar surface area (TPSA) is 47.4 Å². The highest BCUT2D eigenvalue weighted by Gasteiger charge is 2.35.